The van der Waals surface area contributed by atoms with Crippen molar-refractivity contribution in [3.63, 3.8) is 0 Å². The van der Waals surface area contributed by atoms with Gasteiger partial charge < -0.3 is 10.4 Å². The molecule has 0 unspecified atom stereocenters. The number of hydrogen-bond donors (Lipinski definition) is 2. The van der Waals surface area contributed by atoms with E-state index in [1.807, 2.05) is 0 Å². The third-order valence-electron chi connectivity index (χ3n) is 2.78. The Morgan fingerprint density at radius 2 is 2.35 bits per heavy atom. The van der Waals surface area contributed by atoms with Crippen molar-refractivity contribution < 1.29 is 14.3 Å². The van der Waals surface area contributed by atoms with Crippen LogP contribution in [0, 0.1) is 0 Å². The van der Waals surface area contributed by atoms with Crippen molar-refractivity contribution in [3.05, 3.63) is 22.3 Å². The molecule has 0 atom stereocenters. The van der Waals surface area contributed by atoms with Crippen molar-refractivity contribution in [1.29, 1.82) is 0 Å². The third-order valence-corrected chi connectivity index (χ3v) is 3.21. The predicted octanol–water partition coefficient (Wildman–Crippen LogP) is 2.28. The van der Waals surface area contributed by atoms with E-state index >= 15 is 0 Å². The number of carbonyl (C=O) groups excluding carboxylic acids is 1. The first-order chi connectivity index (χ1) is 7.87. The molecule has 1 aromatic heterocycles. The number of nitrogens with zero attached hydrogens (tertiary/aromatic N) is 1. The minimum absolute atomic E-state index is 0.0248. The summed E-state index contributed by atoms with van der Waals surface area (Å²) in [6, 6.07) is -0.113. The molecule has 0 aliphatic heterocycles. The van der Waals surface area contributed by atoms with Crippen molar-refractivity contribution in [2.24, 2.45) is 0 Å². The van der Waals surface area contributed by atoms with Gasteiger partial charge in [-0.2, -0.15) is 4.39 Å². The molecule has 2 rings (SSSR count). The molecule has 1 aromatic rings. The summed E-state index contributed by atoms with van der Waals surface area (Å²) in [5.74, 6) is 0.223. The molecule has 0 radical (unpaired) electrons. The number of pyridine rings is 1. The first kappa shape index (κ1) is 12.4. The summed E-state index contributed by atoms with van der Waals surface area (Å²) in [6.45, 7) is 1.74. The summed E-state index contributed by atoms with van der Waals surface area (Å²) in [5.41, 5.74) is -0.765. The van der Waals surface area contributed by atoms with Gasteiger partial charge in [0.1, 0.15) is 5.82 Å². The lowest BCUT2D eigenvalue weighted by atomic mass is 9.77. The zero-order valence-corrected chi connectivity index (χ0v) is 10.8. The molecule has 0 bridgehead atoms. The monoisotopic (exact) mass is 302 g/mol. The van der Waals surface area contributed by atoms with Crippen LogP contribution in [0.5, 0.6) is 0 Å². The normalized spacial score (nSPS) is 27.4. The molecule has 1 heterocycles. The number of nitrogens with one attached hydrogen (secondary N) is 1. The van der Waals surface area contributed by atoms with Crippen LogP contribution in [0.25, 0.3) is 0 Å². The molecular formula is C11H12BrFN2O2. The Hall–Kier alpha value is -1.01. The van der Waals surface area contributed by atoms with Gasteiger partial charge in [0.2, 0.25) is 0 Å². The summed E-state index contributed by atoms with van der Waals surface area (Å²) >= 11 is 3.13. The quantitative estimate of drug-likeness (QED) is 0.841. The fraction of sp³-hybridized carbons (Fsp3) is 0.455. The second kappa shape index (κ2) is 4.34. The smallest absolute Gasteiger partial charge is 0.335 e. The van der Waals surface area contributed by atoms with Gasteiger partial charge in [-0.15, -0.1) is 0 Å². The zero-order valence-electron chi connectivity index (χ0n) is 9.20. The number of halogens is 2. The second-order valence-electron chi connectivity index (χ2n) is 4.57. The maximum atomic E-state index is 12.8. The minimum atomic E-state index is -1.52. The average molecular weight is 303 g/mol. The fourth-order valence-electron chi connectivity index (χ4n) is 2.00. The van der Waals surface area contributed by atoms with Crippen LogP contribution in [0.15, 0.2) is 16.7 Å². The minimum Gasteiger partial charge on any atom is -0.390 e. The molecule has 92 valence electrons. The van der Waals surface area contributed by atoms with E-state index in [4.69, 9.17) is 0 Å². The Morgan fingerprint density at radius 1 is 1.71 bits per heavy atom. The molecule has 0 aromatic carbocycles. The van der Waals surface area contributed by atoms with Crippen molar-refractivity contribution in [3.8, 4) is 0 Å². The molecular weight excluding hydrogens is 291 g/mol. The zero-order chi connectivity index (χ0) is 12.6. The van der Waals surface area contributed by atoms with Gasteiger partial charge in [0.05, 0.1) is 11.2 Å². The van der Waals surface area contributed by atoms with E-state index in [2.05, 4.69) is 26.2 Å². The van der Waals surface area contributed by atoms with Gasteiger partial charge >= 0.3 is 6.04 Å². The largest absolute Gasteiger partial charge is 0.390 e. The van der Waals surface area contributed by atoms with Crippen LogP contribution in [0.3, 0.4) is 0 Å². The van der Waals surface area contributed by atoms with E-state index in [9.17, 15) is 14.3 Å². The summed E-state index contributed by atoms with van der Waals surface area (Å²) in [7, 11) is 0. The van der Waals surface area contributed by atoms with Crippen LogP contribution in [0.2, 0.25) is 0 Å². The molecule has 2 N–H and O–H groups in total. The van der Waals surface area contributed by atoms with Crippen molar-refractivity contribution in [1.82, 2.24) is 4.98 Å². The first-order valence-electron chi connectivity index (χ1n) is 5.22. The molecule has 0 amide bonds. The van der Waals surface area contributed by atoms with Crippen molar-refractivity contribution in [2.75, 3.05) is 5.32 Å². The van der Waals surface area contributed by atoms with E-state index in [1.165, 1.54) is 12.3 Å². The lowest BCUT2D eigenvalue weighted by Gasteiger charge is -2.41. The molecule has 17 heavy (non-hydrogen) atoms. The van der Waals surface area contributed by atoms with Gasteiger partial charge in [-0.1, -0.05) is 0 Å². The lowest BCUT2D eigenvalue weighted by molar-refractivity contribution is -0.0235. The molecule has 1 saturated carbocycles. The van der Waals surface area contributed by atoms with Crippen LogP contribution in [-0.4, -0.2) is 27.8 Å². The molecule has 0 saturated heterocycles. The highest BCUT2D eigenvalue weighted by Gasteiger charge is 2.38. The van der Waals surface area contributed by atoms with E-state index in [0.29, 0.717) is 17.3 Å². The highest BCUT2D eigenvalue weighted by atomic mass is 79.9. The Morgan fingerprint density at radius 3 is 2.88 bits per heavy atom. The van der Waals surface area contributed by atoms with Gasteiger partial charge in [-0.05, 0) is 41.8 Å². The number of anilines is 1. The second-order valence-corrected chi connectivity index (χ2v) is 5.49. The van der Waals surface area contributed by atoms with Crippen LogP contribution in [0.1, 0.15) is 30.1 Å². The maximum Gasteiger partial charge on any atom is 0.335 e. The van der Waals surface area contributed by atoms with Gasteiger partial charge in [0.25, 0.3) is 0 Å². The van der Waals surface area contributed by atoms with Gasteiger partial charge in [-0.25, -0.2) is 4.98 Å². The average Bonchev–Trinajstić information content (AvgIpc) is 2.17. The molecule has 0 spiro atoms. The molecule has 1 fully saturated rings. The van der Waals surface area contributed by atoms with Gasteiger partial charge in [0.15, 0.2) is 0 Å². The molecule has 6 heteroatoms. The van der Waals surface area contributed by atoms with Gasteiger partial charge in [-0.3, -0.25) is 4.79 Å². The summed E-state index contributed by atoms with van der Waals surface area (Å²) < 4.78 is 13.4. The number of rotatable bonds is 3. The summed E-state index contributed by atoms with van der Waals surface area (Å²) in [6.07, 6.45) is 2.61. The van der Waals surface area contributed by atoms with Crippen molar-refractivity contribution in [2.45, 2.75) is 31.4 Å². The van der Waals surface area contributed by atoms with Crippen LogP contribution in [-0.2, 0) is 0 Å². The number of hydrogen-bond acceptors (Lipinski definition) is 4. The highest BCUT2D eigenvalue weighted by Crippen LogP contribution is 2.34. The Balaban J connectivity index is 2.13. The standard InChI is InChI=1S/C11H12BrFN2O2/c1-11(17)3-7(4-11)15-10-8(9(13)16)2-6(12)5-14-10/h2,5,7,17H,3-4H2,1H3,(H,14,15)/t7-,11+. The maximum absolute atomic E-state index is 12.8. The fourth-order valence-corrected chi connectivity index (χ4v) is 2.33. The Kier molecular flexibility index (Phi) is 3.18. The predicted molar refractivity (Wildman–Crippen MR) is 64.6 cm³/mol. The Labute approximate surface area is 106 Å². The van der Waals surface area contributed by atoms with Crippen LogP contribution >= 0.6 is 15.9 Å². The molecule has 4 nitrogen and oxygen atoms in total. The van der Waals surface area contributed by atoms with E-state index in [1.54, 1.807) is 6.92 Å². The van der Waals surface area contributed by atoms with Gasteiger partial charge in [0, 0.05) is 16.7 Å². The Bertz CT molecular complexity index is 457. The van der Waals surface area contributed by atoms with E-state index in [0.717, 1.165) is 0 Å². The van der Waals surface area contributed by atoms with Crippen molar-refractivity contribution >= 4 is 27.8 Å². The molecule has 1 aliphatic rings. The van der Waals surface area contributed by atoms with E-state index < -0.39 is 11.6 Å². The topological polar surface area (TPSA) is 62.2 Å². The SMILES string of the molecule is C[C@]1(O)C[C@@H](Nc2ncc(Br)cc2C(=O)F)C1. The lowest BCUT2D eigenvalue weighted by Crippen LogP contribution is -2.48. The summed E-state index contributed by atoms with van der Waals surface area (Å²) in [5, 5.41) is 12.5. The molecule has 1 aliphatic carbocycles. The number of aromatic nitrogens is 1. The third kappa shape index (κ3) is 2.81. The summed E-state index contributed by atoms with van der Waals surface area (Å²) in [4.78, 5) is 14.8. The highest BCUT2D eigenvalue weighted by molar-refractivity contribution is 9.10. The van der Waals surface area contributed by atoms with Crippen LogP contribution < -0.4 is 5.32 Å². The number of carbonyl (C=O) groups is 1. The number of aliphatic hydroxyl groups is 1. The first-order valence-corrected chi connectivity index (χ1v) is 6.01. The van der Waals surface area contributed by atoms with Crippen LogP contribution in [0.4, 0.5) is 10.2 Å². The van der Waals surface area contributed by atoms with E-state index in [-0.39, 0.29) is 17.4 Å².